The van der Waals surface area contributed by atoms with Gasteiger partial charge < -0.3 is 0 Å². The summed E-state index contributed by atoms with van der Waals surface area (Å²) in [6.07, 6.45) is 10.0. The maximum atomic E-state index is 8.89. The molecular weight excluding hydrogens is 172 g/mol. The van der Waals surface area contributed by atoms with Crippen LogP contribution < -0.4 is 5.32 Å². The summed E-state index contributed by atoms with van der Waals surface area (Å²) in [6.45, 7) is 2.23. The molecular formula is C12H22N2. The van der Waals surface area contributed by atoms with Gasteiger partial charge in [0.2, 0.25) is 0 Å². The third kappa shape index (κ3) is 5.24. The first-order valence-electron chi connectivity index (χ1n) is 6.02. The molecule has 2 heteroatoms. The number of unbranched alkanes of at least 4 members (excludes halogenated alkanes) is 4. The Kier molecular flexibility index (Phi) is 5.63. The van der Waals surface area contributed by atoms with Crippen molar-refractivity contribution in [2.75, 3.05) is 0 Å². The lowest BCUT2D eigenvalue weighted by Gasteiger charge is -2.09. The third-order valence-corrected chi connectivity index (χ3v) is 2.77. The second kappa shape index (κ2) is 6.84. The summed E-state index contributed by atoms with van der Waals surface area (Å²) >= 11 is 0. The summed E-state index contributed by atoms with van der Waals surface area (Å²) in [4.78, 5) is 0. The zero-order valence-corrected chi connectivity index (χ0v) is 9.26. The molecule has 1 atom stereocenters. The minimum Gasteiger partial charge on any atom is -0.299 e. The van der Waals surface area contributed by atoms with Gasteiger partial charge >= 0.3 is 0 Å². The first-order valence-corrected chi connectivity index (χ1v) is 6.02. The Morgan fingerprint density at radius 3 is 2.57 bits per heavy atom. The Morgan fingerprint density at radius 2 is 2.00 bits per heavy atom. The van der Waals surface area contributed by atoms with Gasteiger partial charge in [-0.1, -0.05) is 39.0 Å². The molecule has 0 bridgehead atoms. The van der Waals surface area contributed by atoms with Crippen LogP contribution in [0, 0.1) is 11.3 Å². The van der Waals surface area contributed by atoms with E-state index in [2.05, 4.69) is 18.3 Å². The minimum absolute atomic E-state index is 0.115. The molecule has 0 aromatic carbocycles. The van der Waals surface area contributed by atoms with Crippen LogP contribution in [0.3, 0.4) is 0 Å². The topological polar surface area (TPSA) is 35.8 Å². The number of nitrogens with zero attached hydrogens (tertiary/aromatic N) is 1. The van der Waals surface area contributed by atoms with Crippen LogP contribution in [0.2, 0.25) is 0 Å². The molecule has 1 N–H and O–H groups in total. The SMILES string of the molecule is CCCCCCCC(C#N)NC1CC1. The zero-order chi connectivity index (χ0) is 10.2. The van der Waals surface area contributed by atoms with E-state index in [4.69, 9.17) is 5.26 Å². The van der Waals surface area contributed by atoms with Crippen molar-refractivity contribution < 1.29 is 0 Å². The van der Waals surface area contributed by atoms with Crippen molar-refractivity contribution >= 4 is 0 Å². The second-order valence-electron chi connectivity index (χ2n) is 4.33. The number of hydrogen-bond acceptors (Lipinski definition) is 2. The number of nitriles is 1. The summed E-state index contributed by atoms with van der Waals surface area (Å²) in [5.74, 6) is 0. The fraction of sp³-hybridized carbons (Fsp3) is 0.917. The average Bonchev–Trinajstić information content (AvgIpc) is 2.99. The minimum atomic E-state index is 0.115. The van der Waals surface area contributed by atoms with Crippen LogP contribution in [0.4, 0.5) is 0 Å². The van der Waals surface area contributed by atoms with Crippen LogP contribution in [-0.4, -0.2) is 12.1 Å². The summed E-state index contributed by atoms with van der Waals surface area (Å²) < 4.78 is 0. The maximum Gasteiger partial charge on any atom is 0.0955 e. The standard InChI is InChI=1S/C12H22N2/c1-2-3-4-5-6-7-12(10-13)14-11-8-9-11/h11-12,14H,2-9H2,1H3. The molecule has 1 aliphatic carbocycles. The predicted octanol–water partition coefficient (Wildman–Crippen LogP) is 2.99. The van der Waals surface area contributed by atoms with Crippen LogP contribution in [-0.2, 0) is 0 Å². The zero-order valence-electron chi connectivity index (χ0n) is 9.26. The van der Waals surface area contributed by atoms with Crippen molar-refractivity contribution in [3.8, 4) is 6.07 Å². The molecule has 1 aliphatic rings. The first kappa shape index (κ1) is 11.5. The van der Waals surface area contributed by atoms with Gasteiger partial charge in [-0.05, 0) is 19.3 Å². The highest BCUT2D eigenvalue weighted by molar-refractivity contribution is 4.95. The summed E-state index contributed by atoms with van der Waals surface area (Å²) in [5.41, 5.74) is 0. The highest BCUT2D eigenvalue weighted by atomic mass is 15.0. The molecule has 0 aromatic rings. The normalized spacial score (nSPS) is 17.7. The smallest absolute Gasteiger partial charge is 0.0955 e. The monoisotopic (exact) mass is 194 g/mol. The summed E-state index contributed by atoms with van der Waals surface area (Å²) in [5, 5.41) is 12.3. The Morgan fingerprint density at radius 1 is 1.29 bits per heavy atom. The second-order valence-corrected chi connectivity index (χ2v) is 4.33. The molecule has 0 radical (unpaired) electrons. The molecule has 1 unspecified atom stereocenters. The van der Waals surface area contributed by atoms with E-state index in [1.54, 1.807) is 0 Å². The van der Waals surface area contributed by atoms with Gasteiger partial charge in [-0.15, -0.1) is 0 Å². The predicted molar refractivity (Wildman–Crippen MR) is 58.9 cm³/mol. The highest BCUT2D eigenvalue weighted by Crippen LogP contribution is 2.20. The summed E-state index contributed by atoms with van der Waals surface area (Å²) in [7, 11) is 0. The van der Waals surface area contributed by atoms with Gasteiger partial charge in [0.25, 0.3) is 0 Å². The summed E-state index contributed by atoms with van der Waals surface area (Å²) in [6, 6.07) is 3.13. The van der Waals surface area contributed by atoms with Gasteiger partial charge in [-0.25, -0.2) is 0 Å². The molecule has 0 heterocycles. The Hall–Kier alpha value is -0.550. The lowest BCUT2D eigenvalue weighted by atomic mass is 10.1. The number of hydrogen-bond donors (Lipinski definition) is 1. The van der Waals surface area contributed by atoms with Crippen molar-refractivity contribution in [1.82, 2.24) is 5.32 Å². The quantitative estimate of drug-likeness (QED) is 0.603. The van der Waals surface area contributed by atoms with Gasteiger partial charge in [0.1, 0.15) is 0 Å². The van der Waals surface area contributed by atoms with Crippen LogP contribution in [0.25, 0.3) is 0 Å². The van der Waals surface area contributed by atoms with Crippen molar-refractivity contribution in [2.45, 2.75) is 70.4 Å². The molecule has 14 heavy (non-hydrogen) atoms. The van der Waals surface area contributed by atoms with Crippen molar-refractivity contribution in [3.05, 3.63) is 0 Å². The molecule has 0 aliphatic heterocycles. The van der Waals surface area contributed by atoms with Crippen LogP contribution in [0.5, 0.6) is 0 Å². The van der Waals surface area contributed by atoms with E-state index < -0.39 is 0 Å². The van der Waals surface area contributed by atoms with Crippen molar-refractivity contribution in [3.63, 3.8) is 0 Å². The van der Waals surface area contributed by atoms with Gasteiger partial charge in [0.15, 0.2) is 0 Å². The van der Waals surface area contributed by atoms with Crippen LogP contribution >= 0.6 is 0 Å². The largest absolute Gasteiger partial charge is 0.299 e. The Balaban J connectivity index is 1.94. The van der Waals surface area contributed by atoms with Gasteiger partial charge in [0.05, 0.1) is 12.1 Å². The van der Waals surface area contributed by atoms with E-state index in [1.807, 2.05) is 0 Å². The van der Waals surface area contributed by atoms with Crippen molar-refractivity contribution in [2.24, 2.45) is 0 Å². The van der Waals surface area contributed by atoms with Crippen LogP contribution in [0.1, 0.15) is 58.3 Å². The van der Waals surface area contributed by atoms with E-state index in [9.17, 15) is 0 Å². The van der Waals surface area contributed by atoms with E-state index in [0.29, 0.717) is 6.04 Å². The van der Waals surface area contributed by atoms with Gasteiger partial charge in [-0.3, -0.25) is 5.32 Å². The molecule has 1 fully saturated rings. The molecule has 1 rings (SSSR count). The first-order chi connectivity index (χ1) is 6.86. The van der Waals surface area contributed by atoms with E-state index >= 15 is 0 Å². The van der Waals surface area contributed by atoms with Crippen LogP contribution in [0.15, 0.2) is 0 Å². The van der Waals surface area contributed by atoms with Crippen molar-refractivity contribution in [1.29, 1.82) is 5.26 Å². The number of nitrogens with one attached hydrogen (secondary N) is 1. The Bertz CT molecular complexity index is 179. The third-order valence-electron chi connectivity index (χ3n) is 2.77. The maximum absolute atomic E-state index is 8.89. The fourth-order valence-electron chi connectivity index (χ4n) is 1.67. The molecule has 0 spiro atoms. The molecule has 0 amide bonds. The average molecular weight is 194 g/mol. The number of rotatable bonds is 8. The van der Waals surface area contributed by atoms with E-state index in [-0.39, 0.29) is 6.04 Å². The molecule has 0 aromatic heterocycles. The lowest BCUT2D eigenvalue weighted by molar-refractivity contribution is 0.516. The molecule has 80 valence electrons. The highest BCUT2D eigenvalue weighted by Gasteiger charge is 2.23. The van der Waals surface area contributed by atoms with Gasteiger partial charge in [-0.2, -0.15) is 5.26 Å². The van der Waals surface area contributed by atoms with E-state index in [0.717, 1.165) is 6.42 Å². The molecule has 1 saturated carbocycles. The fourth-order valence-corrected chi connectivity index (χ4v) is 1.67. The Labute approximate surface area is 87.7 Å². The van der Waals surface area contributed by atoms with Gasteiger partial charge in [0, 0.05) is 6.04 Å². The van der Waals surface area contributed by atoms with E-state index in [1.165, 1.54) is 44.9 Å². The molecule has 2 nitrogen and oxygen atoms in total. The molecule has 0 saturated heterocycles. The lowest BCUT2D eigenvalue weighted by Crippen LogP contribution is -2.29.